The van der Waals surface area contributed by atoms with Crippen LogP contribution in [0.3, 0.4) is 0 Å². The molecule has 1 heterocycles. The average Bonchev–Trinajstić information content (AvgIpc) is 3.36. The Morgan fingerprint density at radius 1 is 1.13 bits per heavy atom. The molecular formula is C24H24FNO4. The summed E-state index contributed by atoms with van der Waals surface area (Å²) in [6.07, 6.45) is 3.61. The third kappa shape index (κ3) is 3.26. The lowest BCUT2D eigenvalue weighted by molar-refractivity contribution is -0.141. The van der Waals surface area contributed by atoms with Crippen LogP contribution in [0.4, 0.5) is 4.39 Å². The number of hydrogen-bond donors (Lipinski definition) is 1. The molecule has 1 atom stereocenters. The lowest BCUT2D eigenvalue weighted by Crippen LogP contribution is -2.37. The van der Waals surface area contributed by atoms with Crippen molar-refractivity contribution in [3.05, 3.63) is 70.5 Å². The Kier molecular flexibility index (Phi) is 5.33. The van der Waals surface area contributed by atoms with Crippen LogP contribution in [0.1, 0.15) is 48.4 Å². The molecule has 6 heteroatoms. The molecule has 4 rings (SSSR count). The monoisotopic (exact) mass is 409 g/mol. The summed E-state index contributed by atoms with van der Waals surface area (Å²) in [6.45, 7) is 1.58. The van der Waals surface area contributed by atoms with Crippen molar-refractivity contribution >= 4 is 17.4 Å². The second-order valence-electron chi connectivity index (χ2n) is 7.85. The minimum atomic E-state index is -0.755. The van der Waals surface area contributed by atoms with E-state index in [1.165, 1.54) is 25.3 Å². The van der Waals surface area contributed by atoms with Crippen LogP contribution in [0.15, 0.2) is 48.0 Å². The summed E-state index contributed by atoms with van der Waals surface area (Å²) in [4.78, 5) is 27.8. The molecular weight excluding hydrogens is 385 g/mol. The number of ether oxygens (including phenoxy) is 1. The van der Waals surface area contributed by atoms with Gasteiger partial charge in [0, 0.05) is 17.2 Å². The van der Waals surface area contributed by atoms with Gasteiger partial charge in [0.15, 0.2) is 0 Å². The lowest BCUT2D eigenvalue weighted by Gasteiger charge is -2.31. The van der Waals surface area contributed by atoms with E-state index < -0.39 is 23.5 Å². The highest BCUT2D eigenvalue weighted by Gasteiger charge is 2.50. The molecule has 1 aliphatic heterocycles. The number of benzene rings is 2. The fourth-order valence-corrected chi connectivity index (χ4v) is 4.55. The molecule has 1 saturated heterocycles. The number of likely N-dealkylation sites (tertiary alicyclic amines) is 1. The number of rotatable bonds is 4. The smallest absolute Gasteiger partial charge is 0.295 e. The number of amides is 1. The first-order chi connectivity index (χ1) is 14.4. The molecule has 1 saturated carbocycles. The zero-order chi connectivity index (χ0) is 21.4. The number of aliphatic hydroxyl groups is 1. The quantitative estimate of drug-likeness (QED) is 0.458. The predicted octanol–water partition coefficient (Wildman–Crippen LogP) is 4.51. The van der Waals surface area contributed by atoms with Crippen molar-refractivity contribution < 1.29 is 23.8 Å². The van der Waals surface area contributed by atoms with Crippen molar-refractivity contribution in [3.63, 3.8) is 0 Å². The van der Waals surface area contributed by atoms with E-state index in [4.69, 9.17) is 4.74 Å². The highest BCUT2D eigenvalue weighted by atomic mass is 19.1. The second kappa shape index (κ2) is 7.94. The fraction of sp³-hybridized carbons (Fsp3) is 0.333. The number of nitrogens with zero attached hydrogens (tertiary/aromatic N) is 1. The molecule has 2 aromatic carbocycles. The SMILES string of the molecule is COc1ccccc1C1/C(=C(\O)c2ccc(F)c(C)c2)C(=O)C(=O)N1C1CCCC1. The zero-order valence-electron chi connectivity index (χ0n) is 17.0. The number of Topliss-reactive ketones (excluding diaryl/α,β-unsaturated/α-hetero) is 1. The molecule has 2 fully saturated rings. The van der Waals surface area contributed by atoms with Crippen LogP contribution in [0.2, 0.25) is 0 Å². The predicted molar refractivity (Wildman–Crippen MR) is 111 cm³/mol. The Hall–Kier alpha value is -3.15. The minimum Gasteiger partial charge on any atom is -0.507 e. The van der Waals surface area contributed by atoms with Gasteiger partial charge in [-0.3, -0.25) is 9.59 Å². The number of hydrogen-bond acceptors (Lipinski definition) is 4. The molecule has 2 aromatic rings. The molecule has 0 aromatic heterocycles. The fourth-order valence-electron chi connectivity index (χ4n) is 4.55. The molecule has 0 radical (unpaired) electrons. The summed E-state index contributed by atoms with van der Waals surface area (Å²) in [5, 5.41) is 11.1. The maximum absolute atomic E-state index is 13.7. The van der Waals surface area contributed by atoms with Crippen LogP contribution in [-0.4, -0.2) is 34.8 Å². The molecule has 0 spiro atoms. The lowest BCUT2D eigenvalue weighted by atomic mass is 9.93. The molecule has 2 aliphatic rings. The second-order valence-corrected chi connectivity index (χ2v) is 7.85. The number of aliphatic hydroxyl groups excluding tert-OH is 1. The van der Waals surface area contributed by atoms with Gasteiger partial charge < -0.3 is 14.7 Å². The molecule has 156 valence electrons. The van der Waals surface area contributed by atoms with Gasteiger partial charge in [-0.25, -0.2) is 4.39 Å². The average molecular weight is 409 g/mol. The van der Waals surface area contributed by atoms with Crippen LogP contribution < -0.4 is 4.74 Å². The molecule has 5 nitrogen and oxygen atoms in total. The molecule has 1 amide bonds. The molecule has 0 bridgehead atoms. The number of carbonyl (C=O) groups excluding carboxylic acids is 2. The van der Waals surface area contributed by atoms with Gasteiger partial charge in [-0.05, 0) is 49.6 Å². The van der Waals surface area contributed by atoms with Crippen LogP contribution in [-0.2, 0) is 9.59 Å². The Labute approximate surface area is 174 Å². The van der Waals surface area contributed by atoms with Gasteiger partial charge in [0.05, 0.1) is 18.7 Å². The first-order valence-electron chi connectivity index (χ1n) is 10.1. The van der Waals surface area contributed by atoms with Gasteiger partial charge in [0.1, 0.15) is 17.3 Å². The normalized spacial score (nSPS) is 21.4. The van der Waals surface area contributed by atoms with Crippen LogP contribution in [0.5, 0.6) is 5.75 Å². The first-order valence-corrected chi connectivity index (χ1v) is 10.1. The van der Waals surface area contributed by atoms with Crippen molar-refractivity contribution in [2.75, 3.05) is 7.11 Å². The van der Waals surface area contributed by atoms with Gasteiger partial charge in [-0.15, -0.1) is 0 Å². The molecule has 1 aliphatic carbocycles. The summed E-state index contributed by atoms with van der Waals surface area (Å²) in [5.41, 5.74) is 1.31. The number of para-hydroxylation sites is 1. The van der Waals surface area contributed by atoms with E-state index in [0.29, 0.717) is 22.4 Å². The van der Waals surface area contributed by atoms with E-state index in [-0.39, 0.29) is 17.4 Å². The van der Waals surface area contributed by atoms with Crippen LogP contribution in [0, 0.1) is 12.7 Å². The van der Waals surface area contributed by atoms with Crippen molar-refractivity contribution in [1.82, 2.24) is 4.90 Å². The van der Waals surface area contributed by atoms with E-state index in [0.717, 1.165) is 25.7 Å². The highest BCUT2D eigenvalue weighted by molar-refractivity contribution is 6.46. The maximum atomic E-state index is 13.7. The number of carbonyl (C=O) groups is 2. The third-order valence-electron chi connectivity index (χ3n) is 6.06. The maximum Gasteiger partial charge on any atom is 0.295 e. The van der Waals surface area contributed by atoms with E-state index in [9.17, 15) is 19.1 Å². The number of ketones is 1. The Morgan fingerprint density at radius 2 is 1.83 bits per heavy atom. The van der Waals surface area contributed by atoms with Gasteiger partial charge in [-0.2, -0.15) is 0 Å². The first kappa shape index (κ1) is 20.1. The Morgan fingerprint density at radius 3 is 2.50 bits per heavy atom. The summed E-state index contributed by atoms with van der Waals surface area (Å²) in [5.74, 6) is -1.50. The zero-order valence-corrected chi connectivity index (χ0v) is 17.0. The number of halogens is 1. The Bertz CT molecular complexity index is 1040. The number of methoxy groups -OCH3 is 1. The van der Waals surface area contributed by atoms with E-state index in [1.54, 1.807) is 24.0 Å². The van der Waals surface area contributed by atoms with Crippen molar-refractivity contribution in [1.29, 1.82) is 0 Å². The number of aryl methyl sites for hydroxylation is 1. The largest absolute Gasteiger partial charge is 0.507 e. The molecule has 1 unspecified atom stereocenters. The van der Waals surface area contributed by atoms with Gasteiger partial charge in [0.25, 0.3) is 11.7 Å². The third-order valence-corrected chi connectivity index (χ3v) is 6.06. The molecule has 30 heavy (non-hydrogen) atoms. The topological polar surface area (TPSA) is 66.8 Å². The van der Waals surface area contributed by atoms with Crippen molar-refractivity contribution in [2.24, 2.45) is 0 Å². The standard InChI is InChI=1S/C24H24FNO4/c1-14-13-15(11-12-18(14)25)22(27)20-21(17-9-5-6-10-19(17)30-2)26(24(29)23(20)28)16-7-3-4-8-16/h5-6,9-13,16,21,27H,3-4,7-8H2,1-2H3/b22-20+. The minimum absolute atomic E-state index is 0.0161. The summed E-state index contributed by atoms with van der Waals surface area (Å²) >= 11 is 0. The van der Waals surface area contributed by atoms with E-state index in [2.05, 4.69) is 0 Å². The highest BCUT2D eigenvalue weighted by Crippen LogP contribution is 2.45. The summed E-state index contributed by atoms with van der Waals surface area (Å²) in [7, 11) is 1.53. The van der Waals surface area contributed by atoms with Crippen molar-refractivity contribution in [3.8, 4) is 5.75 Å². The van der Waals surface area contributed by atoms with E-state index in [1.807, 2.05) is 12.1 Å². The molecule has 1 N–H and O–H groups in total. The van der Waals surface area contributed by atoms with Crippen LogP contribution >= 0.6 is 0 Å². The summed E-state index contributed by atoms with van der Waals surface area (Å²) in [6, 6.07) is 10.5. The van der Waals surface area contributed by atoms with Gasteiger partial charge >= 0.3 is 0 Å². The van der Waals surface area contributed by atoms with Crippen molar-refractivity contribution in [2.45, 2.75) is 44.7 Å². The van der Waals surface area contributed by atoms with E-state index >= 15 is 0 Å². The van der Waals surface area contributed by atoms with Crippen LogP contribution in [0.25, 0.3) is 5.76 Å². The Balaban J connectivity index is 1.93. The van der Waals surface area contributed by atoms with Gasteiger partial charge in [0.2, 0.25) is 0 Å². The summed E-state index contributed by atoms with van der Waals surface area (Å²) < 4.78 is 19.2. The van der Waals surface area contributed by atoms with Gasteiger partial charge in [-0.1, -0.05) is 31.0 Å².